The van der Waals surface area contributed by atoms with Gasteiger partial charge in [0.2, 0.25) is 0 Å². The summed E-state index contributed by atoms with van der Waals surface area (Å²) in [6, 6.07) is 11.6. The summed E-state index contributed by atoms with van der Waals surface area (Å²) in [6.07, 6.45) is 0. The predicted molar refractivity (Wildman–Crippen MR) is 141 cm³/mol. The molecule has 3 N–H and O–H groups in total. The van der Waals surface area contributed by atoms with E-state index in [1.807, 2.05) is 22.6 Å². The number of nitro groups is 2. The van der Waals surface area contributed by atoms with E-state index in [1.54, 1.807) is 24.3 Å². The summed E-state index contributed by atoms with van der Waals surface area (Å²) in [6.45, 7) is 0. The first-order chi connectivity index (χ1) is 17.7. The molecule has 200 valence electrons. The Bertz CT molecular complexity index is 1740. The molecule has 16 nitrogen and oxygen atoms in total. The Morgan fingerprint density at radius 2 is 1.54 bits per heavy atom. The molecular formula is C19H14IN6NaO10S2. The molecule has 0 aromatic heterocycles. The monoisotopic (exact) mass is 700 g/mol. The second kappa shape index (κ2) is 11.3. The van der Waals surface area contributed by atoms with Gasteiger partial charge >= 0.3 is 35.2 Å². The minimum absolute atomic E-state index is 0. The number of hydrogen-bond acceptors (Lipinski definition) is 12. The zero-order chi connectivity index (χ0) is 28.0. The number of rotatable bonds is 7. The second-order valence-electron chi connectivity index (χ2n) is 7.43. The largest absolute Gasteiger partial charge is 1.00 e. The fraction of sp³-hybridized carbons (Fsp3) is 0. The van der Waals surface area contributed by atoms with E-state index in [0.717, 1.165) is 44.1 Å². The predicted octanol–water partition coefficient (Wildman–Crippen LogP) is -0.174. The van der Waals surface area contributed by atoms with Gasteiger partial charge in [-0.25, -0.2) is 0 Å². The Morgan fingerprint density at radius 1 is 0.897 bits per heavy atom. The topological polar surface area (TPSA) is 226 Å². The van der Waals surface area contributed by atoms with Crippen molar-refractivity contribution in [1.29, 1.82) is 0 Å². The van der Waals surface area contributed by atoms with E-state index in [-0.39, 0.29) is 48.1 Å². The van der Waals surface area contributed by atoms with Crippen molar-refractivity contribution in [2.75, 3.05) is 10.2 Å². The molecule has 0 saturated heterocycles. The Kier molecular flexibility index (Phi) is 8.86. The van der Waals surface area contributed by atoms with E-state index in [0.29, 0.717) is 11.8 Å². The maximum absolute atomic E-state index is 12.1. The third-order valence-corrected chi connectivity index (χ3v) is 7.49. The van der Waals surface area contributed by atoms with Gasteiger partial charge in [-0.05, 0) is 71.1 Å². The molecule has 0 amide bonds. The molecule has 0 aliphatic carbocycles. The molecule has 0 unspecified atom stereocenters. The van der Waals surface area contributed by atoms with E-state index in [4.69, 9.17) is 0 Å². The smallest absolute Gasteiger partial charge is 1.00 e. The van der Waals surface area contributed by atoms with Gasteiger partial charge in [0, 0.05) is 15.2 Å². The van der Waals surface area contributed by atoms with E-state index in [9.17, 15) is 46.2 Å². The summed E-state index contributed by atoms with van der Waals surface area (Å²) in [5.41, 5.74) is 1.10. The second-order valence-corrected chi connectivity index (χ2v) is 11.5. The molecule has 3 aromatic carbocycles. The summed E-state index contributed by atoms with van der Waals surface area (Å²) in [5, 5.41) is 29.3. The average Bonchev–Trinajstić information content (AvgIpc) is 3.27. The van der Waals surface area contributed by atoms with Crippen LogP contribution >= 0.6 is 22.6 Å². The summed E-state index contributed by atoms with van der Waals surface area (Å²) >= 11 is 2.04. The fourth-order valence-electron chi connectivity index (χ4n) is 3.36. The van der Waals surface area contributed by atoms with Gasteiger partial charge in [-0.1, -0.05) is 0 Å². The van der Waals surface area contributed by atoms with Crippen LogP contribution in [0.1, 0.15) is 6.99 Å². The number of halogens is 1. The van der Waals surface area contributed by atoms with Gasteiger partial charge in [-0.2, -0.15) is 27.1 Å². The van der Waals surface area contributed by atoms with Crippen molar-refractivity contribution >= 4 is 71.4 Å². The number of non-ortho nitro benzene ring substituents is 1. The third-order valence-electron chi connectivity index (χ3n) is 5.03. The first-order valence-corrected chi connectivity index (χ1v) is 13.9. The molecule has 0 atom stereocenters. The first-order valence-electron chi connectivity index (χ1n) is 9.90. The Hall–Kier alpha value is -2.92. The number of nitro benzene ring substituents is 2. The molecule has 1 aliphatic rings. The van der Waals surface area contributed by atoms with Crippen LogP contribution in [0.4, 0.5) is 22.7 Å². The molecule has 0 fully saturated rings. The number of hydrazone groups is 1. The number of hydrazine groups is 2. The summed E-state index contributed by atoms with van der Waals surface area (Å²) in [7, 11) is -9.93. The molecule has 20 heteroatoms. The van der Waals surface area contributed by atoms with Gasteiger partial charge in [-0.3, -0.25) is 34.8 Å². The molecule has 39 heavy (non-hydrogen) atoms. The average molecular weight is 700 g/mol. The van der Waals surface area contributed by atoms with Crippen LogP contribution in [0.2, 0.25) is 0 Å². The zero-order valence-corrected chi connectivity index (χ0v) is 25.2. The molecule has 0 bridgehead atoms. The Labute approximate surface area is 257 Å². The molecule has 1 aliphatic heterocycles. The Morgan fingerprint density at radius 3 is 2.08 bits per heavy atom. The quantitative estimate of drug-likeness (QED) is 0.0958. The molecule has 0 saturated carbocycles. The van der Waals surface area contributed by atoms with Crippen LogP contribution in [-0.4, -0.2) is 41.6 Å². The number of hydrogen-bond donors (Lipinski definition) is 3. The molecule has 4 rings (SSSR count). The maximum atomic E-state index is 12.1. The third kappa shape index (κ3) is 6.46. The fourth-order valence-corrected chi connectivity index (χ4v) is 5.02. The molecule has 0 spiro atoms. The summed E-state index contributed by atoms with van der Waals surface area (Å²) in [4.78, 5) is 19.5. The number of anilines is 2. The van der Waals surface area contributed by atoms with E-state index in [2.05, 4.69) is 10.5 Å². The van der Waals surface area contributed by atoms with Crippen LogP contribution in [0.15, 0.2) is 75.6 Å². The standard InChI is InChI=1S/C19H13IN6O10S2.Na.H/c20-11-1-3-12(4-2-11)23-21-19(15-7-6-14(37(31,32)33)10-18(15)38(34,35)36)22-24(23)16-8-5-13(25(27)28)9-17(16)26(29)30;;/h1-10H,(H,21,22)(H,31,32,33)(H,34,35,36);;/q;+1;-1. The summed E-state index contributed by atoms with van der Waals surface area (Å²) in [5.74, 6) is -0.314. The van der Waals surface area contributed by atoms with Crippen molar-refractivity contribution in [3.8, 4) is 0 Å². The molecule has 0 radical (unpaired) electrons. The van der Waals surface area contributed by atoms with Crippen molar-refractivity contribution in [2.24, 2.45) is 5.10 Å². The number of nitrogens with zero attached hydrogens (tertiary/aromatic N) is 5. The Balaban J connectivity index is 0.00000280. The van der Waals surface area contributed by atoms with Crippen molar-refractivity contribution in [2.45, 2.75) is 9.79 Å². The van der Waals surface area contributed by atoms with Crippen molar-refractivity contribution in [1.82, 2.24) is 5.43 Å². The normalized spacial score (nSPS) is 13.4. The van der Waals surface area contributed by atoms with E-state index < -0.39 is 51.2 Å². The zero-order valence-electron chi connectivity index (χ0n) is 20.4. The van der Waals surface area contributed by atoms with Gasteiger partial charge in [0.25, 0.3) is 25.9 Å². The maximum Gasteiger partial charge on any atom is 1.00 e. The minimum Gasteiger partial charge on any atom is -1.00 e. The van der Waals surface area contributed by atoms with Crippen LogP contribution in [-0.2, 0) is 20.2 Å². The van der Waals surface area contributed by atoms with Gasteiger partial charge in [0.05, 0.1) is 26.5 Å². The first kappa shape index (κ1) is 30.6. The van der Waals surface area contributed by atoms with Crippen molar-refractivity contribution in [3.63, 3.8) is 0 Å². The SMILES string of the molecule is O=[N+]([O-])c1ccc(N2NC(c3ccc(S(=O)(=O)O)cc3S(=O)(=O)O)=NN2c2ccc(I)cc2)c([N+](=O)[O-])c1.[H-].[Na+]. The van der Waals surface area contributed by atoms with Crippen LogP contribution in [0, 0.1) is 23.8 Å². The van der Waals surface area contributed by atoms with Crippen molar-refractivity contribution < 1.29 is 66.8 Å². The summed E-state index contributed by atoms with van der Waals surface area (Å²) < 4.78 is 67.1. The number of nitrogens with one attached hydrogen (secondary N) is 1. The van der Waals surface area contributed by atoms with Gasteiger partial charge in [0.15, 0.2) is 11.5 Å². The van der Waals surface area contributed by atoms with E-state index >= 15 is 0 Å². The van der Waals surface area contributed by atoms with Crippen LogP contribution < -0.4 is 45.2 Å². The van der Waals surface area contributed by atoms with Gasteiger partial charge in [0.1, 0.15) is 4.90 Å². The minimum atomic E-state index is -5.08. The van der Waals surface area contributed by atoms with Crippen molar-refractivity contribution in [3.05, 3.63) is 90.0 Å². The molecule has 1 heterocycles. The van der Waals surface area contributed by atoms with E-state index in [1.165, 1.54) is 0 Å². The number of amidine groups is 1. The molecular weight excluding hydrogens is 686 g/mol. The van der Waals surface area contributed by atoms with Gasteiger partial charge < -0.3 is 1.43 Å². The van der Waals surface area contributed by atoms with Crippen LogP contribution in [0.5, 0.6) is 0 Å². The van der Waals surface area contributed by atoms with Crippen LogP contribution in [0.3, 0.4) is 0 Å². The van der Waals surface area contributed by atoms with Gasteiger partial charge in [-0.15, -0.1) is 5.10 Å². The number of benzene rings is 3. The molecule has 3 aromatic rings. The van der Waals surface area contributed by atoms with Crippen LogP contribution in [0.25, 0.3) is 0 Å².